The molecule has 0 bridgehead atoms. The molecule has 3 aliphatic heterocycles. The number of imide groups is 1. The third-order valence-corrected chi connectivity index (χ3v) is 5.54. The summed E-state index contributed by atoms with van der Waals surface area (Å²) in [4.78, 5) is 29.1. The summed E-state index contributed by atoms with van der Waals surface area (Å²) in [7, 11) is 0. The number of carbonyl (C=O) groups is 2. The highest BCUT2D eigenvalue weighted by molar-refractivity contribution is 6.22. The number of likely N-dealkylation sites (tertiary alicyclic amines) is 1. The van der Waals surface area contributed by atoms with E-state index in [1.807, 2.05) is 32.0 Å². The van der Waals surface area contributed by atoms with E-state index in [2.05, 4.69) is 4.90 Å². The number of anilines is 1. The van der Waals surface area contributed by atoms with Crippen LogP contribution in [0.2, 0.25) is 0 Å². The molecule has 3 heterocycles. The van der Waals surface area contributed by atoms with Crippen molar-refractivity contribution in [2.24, 2.45) is 0 Å². The van der Waals surface area contributed by atoms with Crippen molar-refractivity contribution in [3.63, 3.8) is 0 Å². The number of hydrogen-bond acceptors (Lipinski definition) is 5. The molecule has 1 aromatic carbocycles. The van der Waals surface area contributed by atoms with Gasteiger partial charge in [-0.25, -0.2) is 4.90 Å². The van der Waals surface area contributed by atoms with Gasteiger partial charge in [-0.15, -0.1) is 0 Å². The highest BCUT2D eigenvalue weighted by Crippen LogP contribution is 2.35. The quantitative estimate of drug-likeness (QED) is 0.766. The van der Waals surface area contributed by atoms with Gasteiger partial charge in [0.15, 0.2) is 5.79 Å². The number of rotatable bonds is 2. The number of aryl methyl sites for hydroxylation is 2. The van der Waals surface area contributed by atoms with Crippen molar-refractivity contribution in [2.45, 2.75) is 44.9 Å². The van der Waals surface area contributed by atoms with Crippen LogP contribution < -0.4 is 4.90 Å². The highest BCUT2D eigenvalue weighted by Gasteiger charge is 2.47. The summed E-state index contributed by atoms with van der Waals surface area (Å²) in [6.45, 7) is 6.61. The second-order valence-electron chi connectivity index (χ2n) is 7.22. The van der Waals surface area contributed by atoms with Gasteiger partial charge in [-0.3, -0.25) is 14.5 Å². The van der Waals surface area contributed by atoms with Gasteiger partial charge in [-0.1, -0.05) is 12.1 Å². The fourth-order valence-electron chi connectivity index (χ4n) is 4.08. The van der Waals surface area contributed by atoms with Crippen molar-refractivity contribution in [1.82, 2.24) is 4.90 Å². The van der Waals surface area contributed by atoms with Gasteiger partial charge in [-0.2, -0.15) is 0 Å². The van der Waals surface area contributed by atoms with E-state index in [-0.39, 0.29) is 24.3 Å². The Bertz CT molecular complexity index is 701. The summed E-state index contributed by atoms with van der Waals surface area (Å²) < 4.78 is 11.5. The fourth-order valence-corrected chi connectivity index (χ4v) is 4.08. The molecule has 0 radical (unpaired) electrons. The van der Waals surface area contributed by atoms with Gasteiger partial charge in [0.05, 0.1) is 31.4 Å². The normalized spacial score (nSPS) is 26.8. The Labute approximate surface area is 147 Å². The first-order chi connectivity index (χ1) is 12.0. The second-order valence-corrected chi connectivity index (χ2v) is 7.22. The Kier molecular flexibility index (Phi) is 4.14. The zero-order chi connectivity index (χ0) is 17.6. The zero-order valence-electron chi connectivity index (χ0n) is 14.8. The van der Waals surface area contributed by atoms with Gasteiger partial charge in [0.1, 0.15) is 0 Å². The topological polar surface area (TPSA) is 59.1 Å². The fraction of sp³-hybridized carbons (Fsp3) is 0.579. The monoisotopic (exact) mass is 344 g/mol. The van der Waals surface area contributed by atoms with Crippen LogP contribution in [0.5, 0.6) is 0 Å². The molecule has 3 aliphatic rings. The van der Waals surface area contributed by atoms with Gasteiger partial charge in [0.2, 0.25) is 5.91 Å². The van der Waals surface area contributed by atoms with Gasteiger partial charge in [0, 0.05) is 25.9 Å². The number of benzene rings is 1. The molecule has 1 atom stereocenters. The molecular formula is C19H24N2O4. The van der Waals surface area contributed by atoms with E-state index >= 15 is 0 Å². The second kappa shape index (κ2) is 6.20. The summed E-state index contributed by atoms with van der Waals surface area (Å²) in [6, 6.07) is 5.50. The Morgan fingerprint density at radius 2 is 1.76 bits per heavy atom. The maximum atomic E-state index is 13.0. The van der Waals surface area contributed by atoms with Crippen molar-refractivity contribution in [3.05, 3.63) is 29.3 Å². The minimum Gasteiger partial charge on any atom is -0.347 e. The molecule has 25 heavy (non-hydrogen) atoms. The number of piperidine rings is 1. The lowest BCUT2D eigenvalue weighted by Crippen LogP contribution is -2.51. The van der Waals surface area contributed by atoms with Gasteiger partial charge >= 0.3 is 0 Å². The standard InChI is InChI=1S/C19H24N2O4/c1-13-3-4-14(2)15(11-13)21-17(22)12-16(18(21)23)20-7-5-19(6-8-20)24-9-10-25-19/h3-4,11,16H,5-10,12H2,1-2H3/t16-/m1/s1. The third-order valence-electron chi connectivity index (χ3n) is 5.54. The highest BCUT2D eigenvalue weighted by atomic mass is 16.7. The first-order valence-electron chi connectivity index (χ1n) is 8.95. The largest absolute Gasteiger partial charge is 0.347 e. The van der Waals surface area contributed by atoms with Crippen LogP contribution in [0, 0.1) is 13.8 Å². The SMILES string of the molecule is Cc1ccc(C)c(N2C(=O)C[C@@H](N3CCC4(CC3)OCCO4)C2=O)c1. The van der Waals surface area contributed by atoms with Crippen molar-refractivity contribution < 1.29 is 19.1 Å². The molecule has 1 spiro atoms. The maximum Gasteiger partial charge on any atom is 0.251 e. The molecule has 0 saturated carbocycles. The zero-order valence-corrected chi connectivity index (χ0v) is 14.8. The van der Waals surface area contributed by atoms with Crippen LogP contribution >= 0.6 is 0 Å². The van der Waals surface area contributed by atoms with Crippen molar-refractivity contribution in [3.8, 4) is 0 Å². The number of ether oxygens (including phenoxy) is 2. The minimum atomic E-state index is -0.463. The average molecular weight is 344 g/mol. The van der Waals surface area contributed by atoms with Gasteiger partial charge in [-0.05, 0) is 31.0 Å². The van der Waals surface area contributed by atoms with Crippen molar-refractivity contribution in [2.75, 3.05) is 31.2 Å². The Balaban J connectivity index is 1.51. The molecule has 2 amide bonds. The molecule has 3 saturated heterocycles. The number of amides is 2. The van der Waals surface area contributed by atoms with Gasteiger partial charge in [0.25, 0.3) is 5.91 Å². The van der Waals surface area contributed by atoms with Crippen LogP contribution in [0.3, 0.4) is 0 Å². The predicted molar refractivity (Wildman–Crippen MR) is 92.3 cm³/mol. The summed E-state index contributed by atoms with van der Waals surface area (Å²) in [6.07, 6.45) is 1.74. The molecule has 1 aromatic rings. The van der Waals surface area contributed by atoms with Crippen LogP contribution in [0.1, 0.15) is 30.4 Å². The predicted octanol–water partition coefficient (Wildman–Crippen LogP) is 1.77. The molecule has 134 valence electrons. The average Bonchev–Trinajstić information content (AvgIpc) is 3.16. The smallest absolute Gasteiger partial charge is 0.251 e. The van der Waals surface area contributed by atoms with Crippen molar-refractivity contribution >= 4 is 17.5 Å². The molecule has 0 unspecified atom stereocenters. The number of hydrogen-bond donors (Lipinski definition) is 0. The Hall–Kier alpha value is -1.76. The Morgan fingerprint density at radius 1 is 1.08 bits per heavy atom. The lowest BCUT2D eigenvalue weighted by molar-refractivity contribution is -0.188. The van der Waals surface area contributed by atoms with E-state index in [4.69, 9.17) is 9.47 Å². The molecule has 6 heteroatoms. The number of carbonyl (C=O) groups excluding carboxylic acids is 2. The van der Waals surface area contributed by atoms with E-state index < -0.39 is 5.79 Å². The van der Waals surface area contributed by atoms with E-state index in [1.54, 1.807) is 0 Å². The summed E-state index contributed by atoms with van der Waals surface area (Å²) in [5, 5.41) is 0. The summed E-state index contributed by atoms with van der Waals surface area (Å²) >= 11 is 0. The van der Waals surface area contributed by atoms with E-state index in [0.29, 0.717) is 32.0 Å². The van der Waals surface area contributed by atoms with Crippen LogP contribution in [-0.2, 0) is 19.1 Å². The lowest BCUT2D eigenvalue weighted by Gasteiger charge is -2.39. The van der Waals surface area contributed by atoms with Crippen LogP contribution in [0.15, 0.2) is 18.2 Å². The van der Waals surface area contributed by atoms with E-state index in [9.17, 15) is 9.59 Å². The van der Waals surface area contributed by atoms with Gasteiger partial charge < -0.3 is 9.47 Å². The molecule has 3 fully saturated rings. The maximum absolute atomic E-state index is 13.0. The molecule has 6 nitrogen and oxygen atoms in total. The molecule has 0 N–H and O–H groups in total. The first kappa shape index (κ1) is 16.7. The van der Waals surface area contributed by atoms with Crippen LogP contribution in [0.4, 0.5) is 5.69 Å². The van der Waals surface area contributed by atoms with Crippen LogP contribution in [0.25, 0.3) is 0 Å². The lowest BCUT2D eigenvalue weighted by atomic mass is 10.0. The Morgan fingerprint density at radius 3 is 2.44 bits per heavy atom. The number of nitrogens with zero attached hydrogens (tertiary/aromatic N) is 2. The van der Waals surface area contributed by atoms with Crippen LogP contribution in [-0.4, -0.2) is 54.8 Å². The van der Waals surface area contributed by atoms with E-state index in [1.165, 1.54) is 4.90 Å². The molecular weight excluding hydrogens is 320 g/mol. The van der Waals surface area contributed by atoms with Crippen molar-refractivity contribution in [1.29, 1.82) is 0 Å². The third kappa shape index (κ3) is 2.88. The molecule has 0 aliphatic carbocycles. The molecule has 0 aromatic heterocycles. The minimum absolute atomic E-state index is 0.108. The first-order valence-corrected chi connectivity index (χ1v) is 8.95. The molecule has 4 rings (SSSR count). The summed E-state index contributed by atoms with van der Waals surface area (Å²) in [5.74, 6) is -0.685. The summed E-state index contributed by atoms with van der Waals surface area (Å²) in [5.41, 5.74) is 2.70. The van der Waals surface area contributed by atoms with E-state index in [0.717, 1.165) is 24.0 Å².